The first-order valence-electron chi connectivity index (χ1n) is 6.18. The van der Waals surface area contributed by atoms with Crippen LogP contribution >= 0.6 is 0 Å². The fraction of sp³-hybridized carbons (Fsp3) is 0.500. The highest BCUT2D eigenvalue weighted by Gasteiger charge is 2.25. The first-order chi connectivity index (χ1) is 8.18. The van der Waals surface area contributed by atoms with Crippen LogP contribution in [0.4, 0.5) is 4.39 Å². The zero-order valence-corrected chi connectivity index (χ0v) is 10.2. The van der Waals surface area contributed by atoms with Gasteiger partial charge in [0.25, 0.3) is 0 Å². The third-order valence-corrected chi connectivity index (χ3v) is 3.33. The van der Waals surface area contributed by atoms with Crippen LogP contribution in [0.3, 0.4) is 0 Å². The molecule has 1 saturated heterocycles. The van der Waals surface area contributed by atoms with Crippen LogP contribution in [-0.4, -0.2) is 23.8 Å². The maximum absolute atomic E-state index is 12.9. The monoisotopic (exact) mass is 235 g/mol. The third-order valence-electron chi connectivity index (χ3n) is 3.33. The maximum Gasteiger partial charge on any atom is 0.151 e. The molecular formula is C14H18FNO. The SMILES string of the molecule is CC(=O)C(c1ccc(F)cc1)N1CCCCC1. The summed E-state index contributed by atoms with van der Waals surface area (Å²) >= 11 is 0. The molecule has 0 N–H and O–H groups in total. The average Bonchev–Trinajstić information content (AvgIpc) is 2.33. The van der Waals surface area contributed by atoms with Crippen LogP contribution in [0.5, 0.6) is 0 Å². The summed E-state index contributed by atoms with van der Waals surface area (Å²) in [6.45, 7) is 3.53. The van der Waals surface area contributed by atoms with E-state index in [1.54, 1.807) is 19.1 Å². The Morgan fingerprint density at radius 2 is 1.76 bits per heavy atom. The van der Waals surface area contributed by atoms with Gasteiger partial charge >= 0.3 is 0 Å². The summed E-state index contributed by atoms with van der Waals surface area (Å²) in [6.07, 6.45) is 3.53. The van der Waals surface area contributed by atoms with E-state index >= 15 is 0 Å². The number of halogens is 1. The van der Waals surface area contributed by atoms with Gasteiger partial charge in [0.1, 0.15) is 5.82 Å². The molecule has 1 aliphatic rings. The summed E-state index contributed by atoms with van der Waals surface area (Å²) in [5, 5.41) is 0. The third kappa shape index (κ3) is 2.91. The topological polar surface area (TPSA) is 20.3 Å². The van der Waals surface area contributed by atoms with Gasteiger partial charge in [-0.3, -0.25) is 9.69 Å². The quantitative estimate of drug-likeness (QED) is 0.802. The molecule has 0 aromatic heterocycles. The Hall–Kier alpha value is -1.22. The van der Waals surface area contributed by atoms with E-state index in [4.69, 9.17) is 0 Å². The van der Waals surface area contributed by atoms with Crippen molar-refractivity contribution < 1.29 is 9.18 Å². The van der Waals surface area contributed by atoms with Gasteiger partial charge in [0, 0.05) is 0 Å². The predicted octanol–water partition coefficient (Wildman–Crippen LogP) is 2.94. The number of Topliss-reactive ketones (excluding diaryl/α,β-unsaturated/α-hetero) is 1. The van der Waals surface area contributed by atoms with Crippen molar-refractivity contribution in [1.29, 1.82) is 0 Å². The number of carbonyl (C=O) groups excluding carboxylic acids is 1. The highest BCUT2D eigenvalue weighted by molar-refractivity contribution is 5.82. The van der Waals surface area contributed by atoms with Crippen molar-refractivity contribution in [3.63, 3.8) is 0 Å². The minimum Gasteiger partial charge on any atom is -0.298 e. The van der Waals surface area contributed by atoms with Crippen LogP contribution < -0.4 is 0 Å². The second-order valence-corrected chi connectivity index (χ2v) is 4.66. The van der Waals surface area contributed by atoms with Gasteiger partial charge in [-0.2, -0.15) is 0 Å². The molecule has 2 rings (SSSR count). The van der Waals surface area contributed by atoms with Gasteiger partial charge in [-0.15, -0.1) is 0 Å². The number of nitrogens with zero attached hydrogens (tertiary/aromatic N) is 1. The summed E-state index contributed by atoms with van der Waals surface area (Å²) in [4.78, 5) is 14.0. The van der Waals surface area contributed by atoms with Gasteiger partial charge < -0.3 is 0 Å². The van der Waals surface area contributed by atoms with Gasteiger partial charge in [-0.05, 0) is 50.6 Å². The number of benzene rings is 1. The van der Waals surface area contributed by atoms with Crippen LogP contribution in [0, 0.1) is 5.82 Å². The van der Waals surface area contributed by atoms with E-state index in [2.05, 4.69) is 4.90 Å². The molecule has 17 heavy (non-hydrogen) atoms. The van der Waals surface area contributed by atoms with Gasteiger partial charge in [-0.1, -0.05) is 18.6 Å². The van der Waals surface area contributed by atoms with Crippen LogP contribution in [0.1, 0.15) is 37.8 Å². The number of piperidine rings is 1. The van der Waals surface area contributed by atoms with Crippen molar-refractivity contribution >= 4 is 5.78 Å². The largest absolute Gasteiger partial charge is 0.298 e. The summed E-state index contributed by atoms with van der Waals surface area (Å²) in [6, 6.07) is 6.09. The molecule has 2 nitrogen and oxygen atoms in total. The molecule has 1 atom stereocenters. The molecule has 0 spiro atoms. The highest BCUT2D eigenvalue weighted by atomic mass is 19.1. The molecule has 0 amide bonds. The van der Waals surface area contributed by atoms with E-state index in [0.29, 0.717) is 0 Å². The average molecular weight is 235 g/mol. The van der Waals surface area contributed by atoms with Gasteiger partial charge in [0.2, 0.25) is 0 Å². The van der Waals surface area contributed by atoms with Gasteiger partial charge in [0.15, 0.2) is 5.78 Å². The standard InChI is InChI=1S/C14H18FNO/c1-11(17)14(16-9-3-2-4-10-16)12-5-7-13(15)8-6-12/h5-8,14H,2-4,9-10H2,1H3. The Balaban J connectivity index is 2.21. The number of hydrogen-bond acceptors (Lipinski definition) is 2. The Bertz CT molecular complexity index is 382. The molecule has 1 aromatic rings. The molecule has 3 heteroatoms. The molecule has 0 bridgehead atoms. The first kappa shape index (κ1) is 12.2. The van der Waals surface area contributed by atoms with E-state index in [0.717, 1.165) is 31.5 Å². The van der Waals surface area contributed by atoms with Crippen LogP contribution in [-0.2, 0) is 4.79 Å². The second-order valence-electron chi connectivity index (χ2n) is 4.66. The fourth-order valence-electron chi connectivity index (χ4n) is 2.52. The molecule has 0 radical (unpaired) electrons. The fourth-order valence-corrected chi connectivity index (χ4v) is 2.52. The number of rotatable bonds is 3. The lowest BCUT2D eigenvalue weighted by atomic mass is 9.99. The van der Waals surface area contributed by atoms with Crippen molar-refractivity contribution in [1.82, 2.24) is 4.90 Å². The van der Waals surface area contributed by atoms with E-state index in [9.17, 15) is 9.18 Å². The smallest absolute Gasteiger partial charge is 0.151 e. The number of ketones is 1. The summed E-state index contributed by atoms with van der Waals surface area (Å²) in [5.41, 5.74) is 0.904. The van der Waals surface area contributed by atoms with Crippen molar-refractivity contribution in [2.24, 2.45) is 0 Å². The van der Waals surface area contributed by atoms with E-state index in [-0.39, 0.29) is 17.6 Å². The van der Waals surface area contributed by atoms with Crippen LogP contribution in [0.25, 0.3) is 0 Å². The van der Waals surface area contributed by atoms with E-state index in [1.807, 2.05) is 0 Å². The Morgan fingerprint density at radius 1 is 1.18 bits per heavy atom. The Kier molecular flexibility index (Phi) is 3.89. The zero-order valence-electron chi connectivity index (χ0n) is 10.2. The second kappa shape index (κ2) is 5.41. The minimum atomic E-state index is -0.255. The van der Waals surface area contributed by atoms with Gasteiger partial charge in [-0.25, -0.2) is 4.39 Å². The van der Waals surface area contributed by atoms with Crippen LogP contribution in [0.15, 0.2) is 24.3 Å². The first-order valence-corrected chi connectivity index (χ1v) is 6.18. The zero-order chi connectivity index (χ0) is 12.3. The summed E-state index contributed by atoms with van der Waals surface area (Å²) in [5.74, 6) is -0.117. The van der Waals surface area contributed by atoms with Crippen molar-refractivity contribution in [3.8, 4) is 0 Å². The molecular weight excluding hydrogens is 217 g/mol. The number of carbonyl (C=O) groups is 1. The molecule has 1 fully saturated rings. The number of likely N-dealkylation sites (tertiary alicyclic amines) is 1. The van der Waals surface area contributed by atoms with E-state index in [1.165, 1.54) is 18.6 Å². The van der Waals surface area contributed by atoms with Crippen molar-refractivity contribution in [2.45, 2.75) is 32.2 Å². The molecule has 1 heterocycles. The highest BCUT2D eigenvalue weighted by Crippen LogP contribution is 2.25. The van der Waals surface area contributed by atoms with E-state index < -0.39 is 0 Å². The summed E-state index contributed by atoms with van der Waals surface area (Å²) < 4.78 is 12.9. The van der Waals surface area contributed by atoms with Crippen LogP contribution in [0.2, 0.25) is 0 Å². The molecule has 0 aliphatic carbocycles. The summed E-state index contributed by atoms with van der Waals surface area (Å²) in [7, 11) is 0. The maximum atomic E-state index is 12.9. The Morgan fingerprint density at radius 3 is 2.29 bits per heavy atom. The molecule has 0 saturated carbocycles. The lowest BCUT2D eigenvalue weighted by Crippen LogP contribution is -2.37. The van der Waals surface area contributed by atoms with Crippen molar-refractivity contribution in [3.05, 3.63) is 35.6 Å². The van der Waals surface area contributed by atoms with Crippen molar-refractivity contribution in [2.75, 3.05) is 13.1 Å². The lowest BCUT2D eigenvalue weighted by Gasteiger charge is -2.33. The normalized spacial score (nSPS) is 18.9. The molecule has 1 aromatic carbocycles. The predicted molar refractivity (Wildman–Crippen MR) is 65.2 cm³/mol. The molecule has 1 unspecified atom stereocenters. The lowest BCUT2D eigenvalue weighted by molar-refractivity contribution is -0.122. The number of hydrogen-bond donors (Lipinski definition) is 0. The Labute approximate surface area is 101 Å². The van der Waals surface area contributed by atoms with Gasteiger partial charge in [0.05, 0.1) is 6.04 Å². The minimum absolute atomic E-state index is 0.138. The molecule has 1 aliphatic heterocycles. The molecule has 92 valence electrons.